The molecule has 0 atom stereocenters. The molecule has 0 radical (unpaired) electrons. The van der Waals surface area contributed by atoms with Gasteiger partial charge in [0.05, 0.1) is 6.61 Å². The van der Waals surface area contributed by atoms with Crippen LogP contribution in [0.15, 0.2) is 71.5 Å². The first kappa shape index (κ1) is 22.6. The molecule has 4 rings (SSSR count). The van der Waals surface area contributed by atoms with Crippen LogP contribution in [0.4, 0.5) is 5.69 Å². The van der Waals surface area contributed by atoms with E-state index in [0.717, 1.165) is 10.8 Å². The topological polar surface area (TPSA) is 104 Å². The fourth-order valence-electron chi connectivity index (χ4n) is 3.75. The van der Waals surface area contributed by atoms with E-state index in [1.165, 1.54) is 0 Å². The minimum atomic E-state index is -0.444. The number of aromatic amines is 1. The van der Waals surface area contributed by atoms with Crippen LogP contribution in [0.5, 0.6) is 11.5 Å². The van der Waals surface area contributed by atoms with Crippen LogP contribution >= 0.6 is 0 Å². The molecule has 0 fully saturated rings. The Morgan fingerprint density at radius 1 is 1.03 bits per heavy atom. The third-order valence-electron chi connectivity index (χ3n) is 5.26. The lowest BCUT2D eigenvalue weighted by Gasteiger charge is -2.14. The fourth-order valence-corrected chi connectivity index (χ4v) is 3.75. The van der Waals surface area contributed by atoms with Gasteiger partial charge in [0, 0.05) is 22.3 Å². The number of fused-ring (bicyclic) bond motifs is 1. The number of H-pyrrole nitrogens is 1. The van der Waals surface area contributed by atoms with E-state index in [0.29, 0.717) is 40.6 Å². The molecule has 7 nitrogen and oxygen atoms in total. The smallest absolute Gasteiger partial charge is 0.266 e. The van der Waals surface area contributed by atoms with Crippen molar-refractivity contribution in [1.29, 1.82) is 5.26 Å². The summed E-state index contributed by atoms with van der Waals surface area (Å²) in [5, 5.41) is 14.3. The summed E-state index contributed by atoms with van der Waals surface area (Å²) >= 11 is 0. The van der Waals surface area contributed by atoms with Crippen LogP contribution in [-0.4, -0.2) is 24.1 Å². The second-order valence-corrected chi connectivity index (χ2v) is 7.64. The molecular formula is C27H23N3O4. The van der Waals surface area contributed by atoms with Crippen LogP contribution < -0.4 is 20.3 Å². The SMILES string of the molecule is CCOc1cc(-c2cc(C)[nH]c(=O)c2C#N)ccc1OCC(=O)Nc1cccc2ccccc12. The molecule has 0 bridgehead atoms. The van der Waals surface area contributed by atoms with Crippen molar-refractivity contribution in [1.82, 2.24) is 4.98 Å². The summed E-state index contributed by atoms with van der Waals surface area (Å²) < 4.78 is 11.5. The van der Waals surface area contributed by atoms with Crippen molar-refractivity contribution < 1.29 is 14.3 Å². The van der Waals surface area contributed by atoms with Gasteiger partial charge < -0.3 is 19.8 Å². The minimum Gasteiger partial charge on any atom is -0.490 e. The standard InChI is InChI=1S/C27H23N3O4/c1-3-33-25-14-19(21-13-17(2)29-27(32)22(21)15-28)11-12-24(25)34-16-26(31)30-23-10-6-8-18-7-4-5-9-20(18)23/h4-14H,3,16H2,1-2H3,(H,29,32)(H,30,31). The second-order valence-electron chi connectivity index (χ2n) is 7.64. The number of benzene rings is 3. The van der Waals surface area contributed by atoms with Gasteiger partial charge >= 0.3 is 0 Å². The molecule has 1 aromatic heterocycles. The molecule has 1 heterocycles. The van der Waals surface area contributed by atoms with Gasteiger partial charge in [-0.15, -0.1) is 0 Å². The van der Waals surface area contributed by atoms with Crippen molar-refractivity contribution in [2.45, 2.75) is 13.8 Å². The lowest BCUT2D eigenvalue weighted by Crippen LogP contribution is -2.20. The van der Waals surface area contributed by atoms with Gasteiger partial charge in [0.1, 0.15) is 11.6 Å². The number of rotatable bonds is 7. The number of nitrogens with zero attached hydrogens (tertiary/aromatic N) is 1. The average molecular weight is 453 g/mol. The van der Waals surface area contributed by atoms with E-state index in [1.807, 2.05) is 55.5 Å². The maximum absolute atomic E-state index is 12.6. The zero-order valence-electron chi connectivity index (χ0n) is 18.8. The molecule has 4 aromatic rings. The van der Waals surface area contributed by atoms with E-state index >= 15 is 0 Å². The highest BCUT2D eigenvalue weighted by Crippen LogP contribution is 2.34. The quantitative estimate of drug-likeness (QED) is 0.419. The Morgan fingerprint density at radius 2 is 1.82 bits per heavy atom. The number of hydrogen-bond donors (Lipinski definition) is 2. The monoisotopic (exact) mass is 453 g/mol. The van der Waals surface area contributed by atoms with Gasteiger partial charge in [-0.1, -0.05) is 42.5 Å². The Bertz CT molecular complexity index is 1460. The van der Waals surface area contributed by atoms with Crippen LogP contribution in [-0.2, 0) is 4.79 Å². The predicted octanol–water partition coefficient (Wildman–Crippen LogP) is 4.79. The van der Waals surface area contributed by atoms with Crippen molar-refractivity contribution in [3.8, 4) is 28.7 Å². The zero-order chi connectivity index (χ0) is 24.1. The Labute approximate surface area is 196 Å². The summed E-state index contributed by atoms with van der Waals surface area (Å²) in [5.74, 6) is 0.499. The van der Waals surface area contributed by atoms with E-state index in [9.17, 15) is 14.9 Å². The molecule has 0 aliphatic carbocycles. The summed E-state index contributed by atoms with van der Waals surface area (Å²) in [4.78, 5) is 27.4. The lowest BCUT2D eigenvalue weighted by atomic mass is 10.0. The van der Waals surface area contributed by atoms with E-state index < -0.39 is 5.56 Å². The number of nitriles is 1. The molecule has 0 aliphatic heterocycles. The Morgan fingerprint density at radius 3 is 2.62 bits per heavy atom. The van der Waals surface area contributed by atoms with Gasteiger partial charge in [0.25, 0.3) is 11.5 Å². The summed E-state index contributed by atoms with van der Waals surface area (Å²) in [6.45, 7) is 3.75. The zero-order valence-corrected chi connectivity index (χ0v) is 18.8. The molecule has 2 N–H and O–H groups in total. The number of pyridine rings is 1. The van der Waals surface area contributed by atoms with Crippen molar-refractivity contribution in [2.75, 3.05) is 18.5 Å². The van der Waals surface area contributed by atoms with Crippen LogP contribution in [0.25, 0.3) is 21.9 Å². The van der Waals surface area contributed by atoms with Crippen LogP contribution in [0.3, 0.4) is 0 Å². The van der Waals surface area contributed by atoms with Crippen LogP contribution in [0, 0.1) is 18.3 Å². The third-order valence-corrected chi connectivity index (χ3v) is 5.26. The number of aryl methyl sites for hydroxylation is 1. The summed E-state index contributed by atoms with van der Waals surface area (Å²) in [7, 11) is 0. The summed E-state index contributed by atoms with van der Waals surface area (Å²) in [6, 6.07) is 22.3. The number of ether oxygens (including phenoxy) is 2. The molecule has 0 saturated heterocycles. The molecule has 34 heavy (non-hydrogen) atoms. The van der Waals surface area contributed by atoms with E-state index in [2.05, 4.69) is 10.3 Å². The van der Waals surface area contributed by atoms with Gasteiger partial charge in [0.2, 0.25) is 0 Å². The van der Waals surface area contributed by atoms with Gasteiger partial charge in [-0.3, -0.25) is 9.59 Å². The first-order chi connectivity index (χ1) is 16.5. The third kappa shape index (κ3) is 4.76. The van der Waals surface area contributed by atoms with E-state index in [-0.39, 0.29) is 18.1 Å². The highest BCUT2D eigenvalue weighted by atomic mass is 16.5. The minimum absolute atomic E-state index is 0.0242. The molecule has 0 saturated carbocycles. The number of aromatic nitrogens is 1. The van der Waals surface area contributed by atoms with Crippen LogP contribution in [0.2, 0.25) is 0 Å². The van der Waals surface area contributed by atoms with E-state index in [4.69, 9.17) is 9.47 Å². The van der Waals surface area contributed by atoms with E-state index in [1.54, 1.807) is 31.2 Å². The Balaban J connectivity index is 1.55. The lowest BCUT2D eigenvalue weighted by molar-refractivity contribution is -0.118. The summed E-state index contributed by atoms with van der Waals surface area (Å²) in [6.07, 6.45) is 0. The normalized spacial score (nSPS) is 10.5. The van der Waals surface area contributed by atoms with Gasteiger partial charge in [-0.25, -0.2) is 0 Å². The van der Waals surface area contributed by atoms with Crippen molar-refractivity contribution in [3.63, 3.8) is 0 Å². The highest BCUT2D eigenvalue weighted by molar-refractivity contribution is 6.02. The number of anilines is 1. The van der Waals surface area contributed by atoms with Crippen molar-refractivity contribution in [2.24, 2.45) is 0 Å². The second kappa shape index (κ2) is 9.92. The van der Waals surface area contributed by atoms with Crippen LogP contribution in [0.1, 0.15) is 18.2 Å². The highest BCUT2D eigenvalue weighted by Gasteiger charge is 2.15. The average Bonchev–Trinajstić information content (AvgIpc) is 2.83. The van der Waals surface area contributed by atoms with Crippen molar-refractivity contribution >= 4 is 22.4 Å². The maximum Gasteiger partial charge on any atom is 0.266 e. The van der Waals surface area contributed by atoms with Gasteiger partial charge in [-0.2, -0.15) is 5.26 Å². The molecular weight excluding hydrogens is 430 g/mol. The van der Waals surface area contributed by atoms with Gasteiger partial charge in [0.15, 0.2) is 18.1 Å². The summed E-state index contributed by atoms with van der Waals surface area (Å²) in [5.41, 5.74) is 2.08. The first-order valence-electron chi connectivity index (χ1n) is 10.8. The molecule has 1 amide bonds. The first-order valence-corrected chi connectivity index (χ1v) is 10.8. The fraction of sp³-hybridized carbons (Fsp3) is 0.148. The molecule has 7 heteroatoms. The predicted molar refractivity (Wildman–Crippen MR) is 131 cm³/mol. The largest absolute Gasteiger partial charge is 0.490 e. The maximum atomic E-state index is 12.6. The number of hydrogen-bond acceptors (Lipinski definition) is 5. The number of carbonyl (C=O) groups excluding carboxylic acids is 1. The molecule has 3 aromatic carbocycles. The number of carbonyl (C=O) groups is 1. The number of amides is 1. The molecule has 0 aliphatic rings. The molecule has 0 unspecified atom stereocenters. The molecule has 0 spiro atoms. The molecule has 170 valence electrons. The number of nitrogens with one attached hydrogen (secondary N) is 2. The van der Waals surface area contributed by atoms with Crippen molar-refractivity contribution in [3.05, 3.63) is 88.3 Å². The Hall–Kier alpha value is -4.57. The van der Waals surface area contributed by atoms with Gasteiger partial charge in [-0.05, 0) is 49.1 Å². The Kier molecular flexibility index (Phi) is 6.60.